The number of benzene rings is 1. The fourth-order valence-electron chi connectivity index (χ4n) is 2.64. The molecule has 1 atom stereocenters. The summed E-state index contributed by atoms with van der Waals surface area (Å²) in [6.45, 7) is 1.08. The smallest absolute Gasteiger partial charge is 0.357 e. The summed E-state index contributed by atoms with van der Waals surface area (Å²) in [5.41, 5.74) is -1.71. The lowest BCUT2D eigenvalue weighted by Gasteiger charge is -2.11. The molecule has 0 amide bonds. The van der Waals surface area contributed by atoms with E-state index in [-0.39, 0.29) is 19.0 Å². The molecule has 1 aromatic heterocycles. The molecule has 0 radical (unpaired) electrons. The molecule has 3 rings (SSSR count). The van der Waals surface area contributed by atoms with Crippen molar-refractivity contribution in [2.75, 3.05) is 13.2 Å². The Morgan fingerprint density at radius 2 is 2.07 bits per heavy atom. The van der Waals surface area contributed by atoms with Crippen LogP contribution >= 0.6 is 0 Å². The zero-order chi connectivity index (χ0) is 19.8. The summed E-state index contributed by atoms with van der Waals surface area (Å²) in [5.74, 6) is 2.96. The first-order chi connectivity index (χ1) is 12.7. The van der Waals surface area contributed by atoms with Gasteiger partial charge in [0.2, 0.25) is 0 Å². The van der Waals surface area contributed by atoms with Crippen LogP contribution in [0.4, 0.5) is 0 Å². The molecule has 1 aliphatic heterocycles. The number of aromatic carboxylic acids is 2. The maximum atomic E-state index is 11.6. The van der Waals surface area contributed by atoms with Gasteiger partial charge in [0.1, 0.15) is 23.8 Å². The average Bonchev–Trinajstić information content (AvgIpc) is 2.92. The third-order valence-corrected chi connectivity index (χ3v) is 3.95. The number of hydrogen-bond acceptors (Lipinski definition) is 6. The van der Waals surface area contributed by atoms with Gasteiger partial charge in [-0.15, -0.1) is 0 Å². The number of fused-ring (bicyclic) bond motifs is 3. The van der Waals surface area contributed by atoms with Crippen molar-refractivity contribution in [1.82, 2.24) is 9.55 Å². The molecule has 0 spiro atoms. The predicted molar refractivity (Wildman–Crippen MR) is 91.7 cm³/mol. The third-order valence-electron chi connectivity index (χ3n) is 3.95. The van der Waals surface area contributed by atoms with Gasteiger partial charge in [0.15, 0.2) is 11.4 Å². The lowest BCUT2D eigenvalue weighted by molar-refractivity contribution is 0.0518. The number of hydrogen-bond donors (Lipinski definition) is 4. The van der Waals surface area contributed by atoms with Gasteiger partial charge in [0.05, 0.1) is 18.7 Å². The number of nitrogens with zero attached hydrogens (tertiary/aromatic N) is 2. The predicted octanol–water partition coefficient (Wildman–Crippen LogP) is 0.434. The molecule has 0 bridgehead atoms. The molecular formula is C18H16N2O7. The normalized spacial score (nSPS) is 14.5. The first-order valence-electron chi connectivity index (χ1n) is 7.94. The highest BCUT2D eigenvalue weighted by atomic mass is 16.5. The van der Waals surface area contributed by atoms with E-state index in [1.54, 1.807) is 18.2 Å². The summed E-state index contributed by atoms with van der Waals surface area (Å²) >= 11 is 0. The Balaban J connectivity index is 2.18. The molecule has 9 nitrogen and oxygen atoms in total. The van der Waals surface area contributed by atoms with Gasteiger partial charge in [0, 0.05) is 5.56 Å². The molecule has 0 aliphatic carbocycles. The summed E-state index contributed by atoms with van der Waals surface area (Å²) in [6.07, 6.45) is 0. The number of aliphatic hydroxyl groups excluding tert-OH is 1. The molecule has 9 heteroatoms. The molecule has 4 N–H and O–H groups in total. The molecule has 2 aromatic rings. The quantitative estimate of drug-likeness (QED) is 0.568. The number of carboxylic acids is 2. The molecule has 1 unspecified atom stereocenters. The Bertz CT molecular complexity index is 995. The number of carbonyl (C=O) groups is 2. The van der Waals surface area contributed by atoms with E-state index >= 15 is 0 Å². The Kier molecular flexibility index (Phi) is 4.61. The van der Waals surface area contributed by atoms with Gasteiger partial charge in [-0.3, -0.25) is 0 Å². The highest BCUT2D eigenvalue weighted by molar-refractivity contribution is 6.00. The number of aromatic nitrogens is 2. The van der Waals surface area contributed by atoms with Gasteiger partial charge in [0.25, 0.3) is 0 Å². The Hall–Kier alpha value is -3.35. The second-order valence-electron chi connectivity index (χ2n) is 6.14. The van der Waals surface area contributed by atoms with Gasteiger partial charge >= 0.3 is 11.9 Å². The summed E-state index contributed by atoms with van der Waals surface area (Å²) in [4.78, 5) is 27.0. The van der Waals surface area contributed by atoms with Gasteiger partial charge in [-0.05, 0) is 25.1 Å². The summed E-state index contributed by atoms with van der Waals surface area (Å²) in [6, 6.07) is 4.81. The van der Waals surface area contributed by atoms with E-state index in [1.807, 2.05) is 0 Å². The van der Waals surface area contributed by atoms with Crippen molar-refractivity contribution in [3.63, 3.8) is 0 Å². The van der Waals surface area contributed by atoms with Crippen molar-refractivity contribution >= 4 is 11.9 Å². The Morgan fingerprint density at radius 1 is 1.33 bits per heavy atom. The Morgan fingerprint density at radius 3 is 2.70 bits per heavy atom. The van der Waals surface area contributed by atoms with E-state index in [4.69, 9.17) is 9.84 Å². The van der Waals surface area contributed by atoms with Crippen LogP contribution in [0.5, 0.6) is 5.75 Å². The molecule has 1 aliphatic rings. The number of imidazole rings is 1. The molecule has 27 heavy (non-hydrogen) atoms. The second kappa shape index (κ2) is 6.75. The van der Waals surface area contributed by atoms with Crippen LogP contribution in [-0.4, -0.2) is 60.7 Å². The minimum Gasteiger partial charge on any atom is -0.491 e. The van der Waals surface area contributed by atoms with E-state index in [0.717, 1.165) is 0 Å². The zero-order valence-electron chi connectivity index (χ0n) is 14.3. The lowest BCUT2D eigenvalue weighted by atomic mass is 10.1. The van der Waals surface area contributed by atoms with Crippen LogP contribution in [0.3, 0.4) is 0 Å². The number of rotatable bonds is 3. The first-order valence-corrected chi connectivity index (χ1v) is 7.94. The molecule has 0 fully saturated rings. The van der Waals surface area contributed by atoms with Crippen molar-refractivity contribution in [2.45, 2.75) is 19.1 Å². The second-order valence-corrected chi connectivity index (χ2v) is 6.14. The van der Waals surface area contributed by atoms with Crippen molar-refractivity contribution in [2.24, 2.45) is 0 Å². The number of ether oxygens (including phenoxy) is 1. The van der Waals surface area contributed by atoms with Crippen LogP contribution < -0.4 is 4.74 Å². The van der Waals surface area contributed by atoms with Crippen LogP contribution in [0.25, 0.3) is 11.4 Å². The van der Waals surface area contributed by atoms with Crippen molar-refractivity contribution in [3.8, 4) is 29.0 Å². The average molecular weight is 372 g/mol. The van der Waals surface area contributed by atoms with Crippen molar-refractivity contribution in [1.29, 1.82) is 0 Å². The van der Waals surface area contributed by atoms with Crippen LogP contribution in [0.2, 0.25) is 0 Å². The summed E-state index contributed by atoms with van der Waals surface area (Å²) in [7, 11) is 0. The number of aliphatic hydroxyl groups is 2. The Labute approximate surface area is 153 Å². The van der Waals surface area contributed by atoms with Crippen LogP contribution in [-0.2, 0) is 6.54 Å². The standard InChI is InChI=1S/C18H16N2O7/c1-18(26,9-21)5-4-10-2-3-12-11(8-10)15-19-13(16(22)23)14(17(24)25)20(15)6-7-27-12/h2-3,8,21,26H,6-7,9H2,1H3,(H,22,23)(H,24,25). The molecule has 2 heterocycles. The van der Waals surface area contributed by atoms with E-state index in [9.17, 15) is 24.9 Å². The molecule has 0 saturated heterocycles. The maximum Gasteiger partial charge on any atom is 0.357 e. The van der Waals surface area contributed by atoms with Crippen molar-refractivity contribution in [3.05, 3.63) is 35.2 Å². The van der Waals surface area contributed by atoms with Crippen LogP contribution in [0, 0.1) is 11.8 Å². The highest BCUT2D eigenvalue weighted by Crippen LogP contribution is 2.34. The van der Waals surface area contributed by atoms with E-state index < -0.39 is 35.5 Å². The fourth-order valence-corrected chi connectivity index (χ4v) is 2.64. The van der Waals surface area contributed by atoms with Crippen molar-refractivity contribution < 1.29 is 34.8 Å². The number of carboxylic acid groups (broad SMARTS) is 2. The van der Waals surface area contributed by atoms with E-state index in [0.29, 0.717) is 16.9 Å². The molecule has 0 saturated carbocycles. The SMILES string of the molecule is CC(O)(C#Cc1ccc2c(c1)-c1nc(C(=O)O)c(C(=O)O)n1CCO2)CO. The topological polar surface area (TPSA) is 142 Å². The monoisotopic (exact) mass is 372 g/mol. The van der Waals surface area contributed by atoms with Crippen LogP contribution in [0.1, 0.15) is 33.5 Å². The van der Waals surface area contributed by atoms with Crippen LogP contribution in [0.15, 0.2) is 18.2 Å². The van der Waals surface area contributed by atoms with Gasteiger partial charge in [-0.1, -0.05) is 11.8 Å². The molecule has 140 valence electrons. The lowest BCUT2D eigenvalue weighted by Crippen LogP contribution is -2.26. The molecular weight excluding hydrogens is 356 g/mol. The van der Waals surface area contributed by atoms with Gasteiger partial charge in [-0.25, -0.2) is 14.6 Å². The van der Waals surface area contributed by atoms with Gasteiger partial charge < -0.3 is 29.7 Å². The third kappa shape index (κ3) is 3.48. The largest absolute Gasteiger partial charge is 0.491 e. The van der Waals surface area contributed by atoms with E-state index in [1.165, 1.54) is 11.5 Å². The molecule has 1 aromatic carbocycles. The minimum atomic E-state index is -1.57. The summed E-state index contributed by atoms with van der Waals surface area (Å²) in [5, 5.41) is 37.6. The van der Waals surface area contributed by atoms with E-state index in [2.05, 4.69) is 16.8 Å². The minimum absolute atomic E-state index is 0.117. The zero-order valence-corrected chi connectivity index (χ0v) is 14.3. The highest BCUT2D eigenvalue weighted by Gasteiger charge is 2.30. The first kappa shape index (κ1) is 18.4. The maximum absolute atomic E-state index is 11.6. The summed E-state index contributed by atoms with van der Waals surface area (Å²) < 4.78 is 6.90. The van der Waals surface area contributed by atoms with Gasteiger partial charge in [-0.2, -0.15) is 0 Å². The fraction of sp³-hybridized carbons (Fsp3) is 0.278.